The van der Waals surface area contributed by atoms with Crippen LogP contribution in [0.4, 0.5) is 5.69 Å². The van der Waals surface area contributed by atoms with Crippen LogP contribution in [0.25, 0.3) is 0 Å². The van der Waals surface area contributed by atoms with Gasteiger partial charge < -0.3 is 5.32 Å². The molecule has 6 heteroatoms. The average molecular weight is 326 g/mol. The minimum absolute atomic E-state index is 0.189. The van der Waals surface area contributed by atoms with Gasteiger partial charge in [-0.25, -0.2) is 4.68 Å². The third-order valence-corrected chi connectivity index (χ3v) is 3.68. The second-order valence-electron chi connectivity index (χ2n) is 4.70. The van der Waals surface area contributed by atoms with Crippen molar-refractivity contribution in [2.45, 2.75) is 26.3 Å². The van der Waals surface area contributed by atoms with E-state index in [1.54, 1.807) is 6.20 Å². The molecule has 21 heavy (non-hydrogen) atoms. The SMILES string of the molecule is CCCn1ncc(NCCc2ccc(Cl)cc2)c(Cl)c1=O. The third kappa shape index (κ3) is 4.22. The summed E-state index contributed by atoms with van der Waals surface area (Å²) in [5, 5.41) is 8.16. The summed E-state index contributed by atoms with van der Waals surface area (Å²) < 4.78 is 1.38. The summed E-state index contributed by atoms with van der Waals surface area (Å²) in [4.78, 5) is 12.0. The smallest absolute Gasteiger partial charge is 0.287 e. The standard InChI is InChI=1S/C15H17Cl2N3O/c1-2-9-20-15(21)14(17)13(10-19-20)18-8-7-11-3-5-12(16)6-4-11/h3-6,10,18H,2,7-9H2,1H3. The maximum absolute atomic E-state index is 12.0. The summed E-state index contributed by atoms with van der Waals surface area (Å²) in [7, 11) is 0. The predicted molar refractivity (Wildman–Crippen MR) is 87.4 cm³/mol. The van der Waals surface area contributed by atoms with Crippen molar-refractivity contribution in [1.82, 2.24) is 9.78 Å². The number of rotatable bonds is 6. The fourth-order valence-electron chi connectivity index (χ4n) is 1.95. The topological polar surface area (TPSA) is 46.9 Å². The number of benzene rings is 1. The van der Waals surface area contributed by atoms with Crippen molar-refractivity contribution in [3.05, 3.63) is 56.4 Å². The summed E-state index contributed by atoms with van der Waals surface area (Å²) in [6.45, 7) is 3.23. The molecule has 1 N–H and O–H groups in total. The van der Waals surface area contributed by atoms with Gasteiger partial charge in [-0.3, -0.25) is 4.79 Å². The molecule has 0 bridgehead atoms. The fraction of sp³-hybridized carbons (Fsp3) is 0.333. The summed E-state index contributed by atoms with van der Waals surface area (Å²) in [6, 6.07) is 7.67. The molecule has 1 heterocycles. The van der Waals surface area contributed by atoms with Crippen molar-refractivity contribution in [2.24, 2.45) is 0 Å². The van der Waals surface area contributed by atoms with Crippen molar-refractivity contribution < 1.29 is 0 Å². The molecule has 2 aromatic rings. The normalized spacial score (nSPS) is 10.6. The molecule has 2 rings (SSSR count). The predicted octanol–water partition coefficient (Wildman–Crippen LogP) is 3.61. The van der Waals surface area contributed by atoms with Crippen molar-refractivity contribution >= 4 is 28.9 Å². The molecule has 0 aliphatic heterocycles. The molecule has 0 spiro atoms. The van der Waals surface area contributed by atoms with Crippen LogP contribution < -0.4 is 10.9 Å². The minimum atomic E-state index is -0.255. The van der Waals surface area contributed by atoms with Crippen LogP contribution in [0.15, 0.2) is 35.3 Å². The number of hydrogen-bond donors (Lipinski definition) is 1. The Morgan fingerprint density at radius 1 is 1.24 bits per heavy atom. The van der Waals surface area contributed by atoms with Gasteiger partial charge in [0.1, 0.15) is 5.02 Å². The van der Waals surface area contributed by atoms with Crippen molar-refractivity contribution in [2.75, 3.05) is 11.9 Å². The number of hydrogen-bond acceptors (Lipinski definition) is 3. The van der Waals surface area contributed by atoms with E-state index in [1.807, 2.05) is 31.2 Å². The van der Waals surface area contributed by atoms with Gasteiger partial charge in [-0.1, -0.05) is 42.3 Å². The van der Waals surface area contributed by atoms with E-state index in [4.69, 9.17) is 23.2 Å². The summed E-state index contributed by atoms with van der Waals surface area (Å²) in [5.41, 5.74) is 1.48. The van der Waals surface area contributed by atoms with E-state index in [1.165, 1.54) is 4.68 Å². The van der Waals surface area contributed by atoms with Crippen LogP contribution in [0.2, 0.25) is 10.0 Å². The number of aryl methyl sites for hydroxylation is 1. The largest absolute Gasteiger partial charge is 0.382 e. The van der Waals surface area contributed by atoms with Gasteiger partial charge in [0.05, 0.1) is 11.9 Å². The van der Waals surface area contributed by atoms with Crippen LogP contribution in [0.5, 0.6) is 0 Å². The molecule has 0 aliphatic rings. The average Bonchev–Trinajstić information content (AvgIpc) is 2.48. The van der Waals surface area contributed by atoms with Crippen LogP contribution in [-0.2, 0) is 13.0 Å². The summed E-state index contributed by atoms with van der Waals surface area (Å²) in [6.07, 6.45) is 3.25. The lowest BCUT2D eigenvalue weighted by molar-refractivity contribution is 0.568. The summed E-state index contributed by atoms with van der Waals surface area (Å²) in [5.74, 6) is 0. The molecule has 0 radical (unpaired) electrons. The zero-order valence-electron chi connectivity index (χ0n) is 11.8. The third-order valence-electron chi connectivity index (χ3n) is 3.06. The number of nitrogens with one attached hydrogen (secondary N) is 1. The molecule has 0 saturated carbocycles. The van der Waals surface area contributed by atoms with Gasteiger partial charge in [-0.15, -0.1) is 0 Å². The quantitative estimate of drug-likeness (QED) is 0.882. The Balaban J connectivity index is 1.99. The van der Waals surface area contributed by atoms with Gasteiger partial charge in [0, 0.05) is 18.1 Å². The first kappa shape index (κ1) is 15.9. The van der Waals surface area contributed by atoms with Gasteiger partial charge in [0.25, 0.3) is 5.56 Å². The first-order chi connectivity index (χ1) is 10.1. The molecule has 0 unspecified atom stereocenters. The Bertz CT molecular complexity index is 653. The van der Waals surface area contributed by atoms with E-state index in [2.05, 4.69) is 10.4 Å². The highest BCUT2D eigenvalue weighted by Gasteiger charge is 2.08. The van der Waals surface area contributed by atoms with Gasteiger partial charge in [-0.05, 0) is 30.5 Å². The highest BCUT2D eigenvalue weighted by Crippen LogP contribution is 2.16. The number of anilines is 1. The lowest BCUT2D eigenvalue weighted by Crippen LogP contribution is -2.24. The Morgan fingerprint density at radius 2 is 1.95 bits per heavy atom. The molecular formula is C15H17Cl2N3O. The van der Waals surface area contributed by atoms with Crippen molar-refractivity contribution in [3.63, 3.8) is 0 Å². The molecule has 1 aromatic heterocycles. The maximum atomic E-state index is 12.0. The fourth-order valence-corrected chi connectivity index (χ4v) is 2.29. The van der Waals surface area contributed by atoms with Crippen LogP contribution in [0.1, 0.15) is 18.9 Å². The van der Waals surface area contributed by atoms with Gasteiger partial charge >= 0.3 is 0 Å². The first-order valence-corrected chi connectivity index (χ1v) is 7.61. The first-order valence-electron chi connectivity index (χ1n) is 6.85. The Morgan fingerprint density at radius 3 is 2.62 bits per heavy atom. The van der Waals surface area contributed by atoms with Gasteiger partial charge in [0.2, 0.25) is 0 Å². The Labute approximate surface area is 133 Å². The van der Waals surface area contributed by atoms with E-state index >= 15 is 0 Å². The minimum Gasteiger partial charge on any atom is -0.382 e. The second-order valence-corrected chi connectivity index (χ2v) is 5.52. The highest BCUT2D eigenvalue weighted by molar-refractivity contribution is 6.32. The zero-order valence-corrected chi connectivity index (χ0v) is 13.3. The van der Waals surface area contributed by atoms with Gasteiger partial charge in [-0.2, -0.15) is 5.10 Å². The molecule has 0 amide bonds. The molecule has 4 nitrogen and oxygen atoms in total. The molecule has 0 atom stereocenters. The second kappa shape index (κ2) is 7.48. The van der Waals surface area contributed by atoms with Crippen LogP contribution in [0.3, 0.4) is 0 Å². The molecule has 0 aliphatic carbocycles. The van der Waals surface area contributed by atoms with Crippen molar-refractivity contribution in [3.8, 4) is 0 Å². The number of aromatic nitrogens is 2. The van der Waals surface area contributed by atoms with Crippen LogP contribution >= 0.6 is 23.2 Å². The number of nitrogens with zero attached hydrogens (tertiary/aromatic N) is 2. The summed E-state index contributed by atoms with van der Waals surface area (Å²) >= 11 is 11.9. The lowest BCUT2D eigenvalue weighted by Gasteiger charge is -2.10. The highest BCUT2D eigenvalue weighted by atomic mass is 35.5. The van der Waals surface area contributed by atoms with Crippen LogP contribution in [-0.4, -0.2) is 16.3 Å². The molecule has 0 fully saturated rings. The van der Waals surface area contributed by atoms with E-state index in [0.717, 1.165) is 23.4 Å². The molecule has 0 saturated heterocycles. The number of halogens is 2. The Hall–Kier alpha value is -1.52. The van der Waals surface area contributed by atoms with E-state index in [9.17, 15) is 4.79 Å². The molecular weight excluding hydrogens is 309 g/mol. The Kier molecular flexibility index (Phi) is 5.65. The zero-order chi connectivity index (χ0) is 15.2. The van der Waals surface area contributed by atoms with Crippen LogP contribution in [0, 0.1) is 0 Å². The monoisotopic (exact) mass is 325 g/mol. The van der Waals surface area contributed by atoms with E-state index in [0.29, 0.717) is 18.8 Å². The van der Waals surface area contributed by atoms with E-state index < -0.39 is 0 Å². The van der Waals surface area contributed by atoms with Gasteiger partial charge in [0.15, 0.2) is 0 Å². The van der Waals surface area contributed by atoms with Crippen molar-refractivity contribution in [1.29, 1.82) is 0 Å². The lowest BCUT2D eigenvalue weighted by atomic mass is 10.1. The maximum Gasteiger partial charge on any atom is 0.287 e. The molecule has 112 valence electrons. The molecule has 1 aromatic carbocycles. The van der Waals surface area contributed by atoms with E-state index in [-0.39, 0.29) is 10.6 Å².